The summed E-state index contributed by atoms with van der Waals surface area (Å²) < 4.78 is 11.0. The van der Waals surface area contributed by atoms with E-state index in [1.807, 2.05) is 30.0 Å². The Hall–Kier alpha value is -2.24. The number of rotatable bonds is 5. The van der Waals surface area contributed by atoms with Crippen LogP contribution in [0.4, 0.5) is 0 Å². The van der Waals surface area contributed by atoms with Crippen LogP contribution in [0.5, 0.6) is 11.5 Å². The van der Waals surface area contributed by atoms with E-state index in [4.69, 9.17) is 9.47 Å². The molecule has 2 saturated heterocycles. The smallest absolute Gasteiger partial charge is 0.260 e. The van der Waals surface area contributed by atoms with Crippen molar-refractivity contribution in [2.24, 2.45) is 5.92 Å². The van der Waals surface area contributed by atoms with Gasteiger partial charge >= 0.3 is 0 Å². The van der Waals surface area contributed by atoms with E-state index in [1.54, 1.807) is 12.0 Å². The minimum absolute atomic E-state index is 0.00976. The third-order valence-corrected chi connectivity index (χ3v) is 5.53. The molecular formula is C21H30N2O4. The van der Waals surface area contributed by atoms with Crippen molar-refractivity contribution in [1.82, 2.24) is 9.80 Å². The first-order chi connectivity index (χ1) is 13.1. The average Bonchev–Trinajstić information content (AvgIpc) is 2.72. The molecule has 0 unspecified atom stereocenters. The quantitative estimate of drug-likeness (QED) is 0.795. The summed E-state index contributed by atoms with van der Waals surface area (Å²) in [6.07, 6.45) is 4.94. The van der Waals surface area contributed by atoms with Gasteiger partial charge in [-0.25, -0.2) is 0 Å². The van der Waals surface area contributed by atoms with Crippen molar-refractivity contribution in [1.29, 1.82) is 0 Å². The first-order valence-electron chi connectivity index (χ1n) is 9.92. The van der Waals surface area contributed by atoms with Gasteiger partial charge in [-0.05, 0) is 56.7 Å². The molecule has 0 spiro atoms. The van der Waals surface area contributed by atoms with Gasteiger partial charge in [-0.2, -0.15) is 0 Å². The Kier molecular flexibility index (Phi) is 6.58. The molecule has 0 aromatic heterocycles. The Labute approximate surface area is 161 Å². The van der Waals surface area contributed by atoms with Crippen LogP contribution in [0.2, 0.25) is 0 Å². The van der Waals surface area contributed by atoms with E-state index in [1.165, 1.54) is 6.42 Å². The third-order valence-electron chi connectivity index (χ3n) is 5.53. The highest BCUT2D eigenvalue weighted by atomic mass is 16.5. The predicted molar refractivity (Wildman–Crippen MR) is 103 cm³/mol. The summed E-state index contributed by atoms with van der Waals surface area (Å²) in [4.78, 5) is 28.9. The number of carbonyl (C=O) groups excluding carboxylic acids is 2. The van der Waals surface area contributed by atoms with Crippen LogP contribution in [0, 0.1) is 12.8 Å². The van der Waals surface area contributed by atoms with Gasteiger partial charge in [0.15, 0.2) is 18.1 Å². The van der Waals surface area contributed by atoms with Crippen LogP contribution < -0.4 is 9.47 Å². The van der Waals surface area contributed by atoms with Crippen LogP contribution in [-0.2, 0) is 9.59 Å². The van der Waals surface area contributed by atoms with Crippen LogP contribution >= 0.6 is 0 Å². The van der Waals surface area contributed by atoms with Gasteiger partial charge in [0.25, 0.3) is 5.91 Å². The molecule has 2 heterocycles. The number of carbonyl (C=O) groups is 2. The number of hydrogen-bond acceptors (Lipinski definition) is 4. The summed E-state index contributed by atoms with van der Waals surface area (Å²) in [5.74, 6) is 1.51. The van der Waals surface area contributed by atoms with Crippen LogP contribution in [0.1, 0.15) is 37.7 Å². The zero-order chi connectivity index (χ0) is 19.2. The first kappa shape index (κ1) is 19.5. The zero-order valence-electron chi connectivity index (χ0n) is 16.4. The van der Waals surface area contributed by atoms with Gasteiger partial charge in [-0.1, -0.05) is 6.07 Å². The van der Waals surface area contributed by atoms with Gasteiger partial charge < -0.3 is 19.3 Å². The maximum absolute atomic E-state index is 12.6. The van der Waals surface area contributed by atoms with Crippen molar-refractivity contribution in [3.63, 3.8) is 0 Å². The maximum atomic E-state index is 12.6. The van der Waals surface area contributed by atoms with Gasteiger partial charge in [-0.15, -0.1) is 0 Å². The van der Waals surface area contributed by atoms with Gasteiger partial charge in [0, 0.05) is 32.1 Å². The Balaban J connectivity index is 1.46. The molecule has 1 aromatic rings. The van der Waals surface area contributed by atoms with Crippen molar-refractivity contribution in [2.75, 3.05) is 39.9 Å². The molecule has 0 N–H and O–H groups in total. The third kappa shape index (κ3) is 4.93. The Morgan fingerprint density at radius 2 is 1.70 bits per heavy atom. The highest BCUT2D eigenvalue weighted by molar-refractivity contribution is 5.80. The molecule has 6 nitrogen and oxygen atoms in total. The number of hydrogen-bond donors (Lipinski definition) is 0. The number of nitrogens with zero attached hydrogens (tertiary/aromatic N) is 2. The number of likely N-dealkylation sites (tertiary alicyclic amines) is 2. The molecule has 2 amide bonds. The molecule has 0 saturated carbocycles. The molecule has 2 fully saturated rings. The summed E-state index contributed by atoms with van der Waals surface area (Å²) in [5.41, 5.74) is 1.07. The summed E-state index contributed by atoms with van der Waals surface area (Å²) in [5, 5.41) is 0. The number of benzene rings is 1. The Morgan fingerprint density at radius 1 is 1.00 bits per heavy atom. The van der Waals surface area contributed by atoms with Gasteiger partial charge in [0.2, 0.25) is 5.91 Å². The molecule has 0 aliphatic carbocycles. The SMILES string of the molecule is COc1cc(C)ccc1OCC(=O)N1CCC(C(=O)N2CCCCC2)CC1. The monoisotopic (exact) mass is 374 g/mol. The van der Waals surface area contributed by atoms with E-state index in [-0.39, 0.29) is 24.3 Å². The van der Waals surface area contributed by atoms with E-state index in [2.05, 4.69) is 0 Å². The maximum Gasteiger partial charge on any atom is 0.260 e. The van der Waals surface area contributed by atoms with Crippen molar-refractivity contribution >= 4 is 11.8 Å². The second-order valence-electron chi connectivity index (χ2n) is 7.48. The minimum Gasteiger partial charge on any atom is -0.493 e. The van der Waals surface area contributed by atoms with E-state index >= 15 is 0 Å². The lowest BCUT2D eigenvalue weighted by Crippen LogP contribution is -2.46. The topological polar surface area (TPSA) is 59.1 Å². The lowest BCUT2D eigenvalue weighted by Gasteiger charge is -2.35. The minimum atomic E-state index is -0.0403. The van der Waals surface area contributed by atoms with E-state index in [9.17, 15) is 9.59 Å². The predicted octanol–water partition coefficient (Wildman–Crippen LogP) is 2.63. The van der Waals surface area contributed by atoms with Crippen molar-refractivity contribution in [3.8, 4) is 11.5 Å². The average molecular weight is 374 g/mol. The first-order valence-corrected chi connectivity index (χ1v) is 9.92. The lowest BCUT2D eigenvalue weighted by molar-refractivity contribution is -0.142. The lowest BCUT2D eigenvalue weighted by atomic mass is 9.94. The van der Waals surface area contributed by atoms with Gasteiger partial charge in [0.1, 0.15) is 0 Å². The molecule has 1 aromatic carbocycles. The number of aryl methyl sites for hydroxylation is 1. The van der Waals surface area contributed by atoms with E-state index in [0.717, 1.165) is 44.3 Å². The fourth-order valence-electron chi connectivity index (χ4n) is 3.87. The molecule has 27 heavy (non-hydrogen) atoms. The van der Waals surface area contributed by atoms with E-state index < -0.39 is 0 Å². The largest absolute Gasteiger partial charge is 0.493 e. The molecule has 2 aliphatic heterocycles. The van der Waals surface area contributed by atoms with Crippen molar-refractivity contribution in [3.05, 3.63) is 23.8 Å². The van der Waals surface area contributed by atoms with Gasteiger partial charge in [0.05, 0.1) is 7.11 Å². The summed E-state index contributed by atoms with van der Waals surface area (Å²) in [7, 11) is 1.59. The van der Waals surface area contributed by atoms with Crippen LogP contribution in [0.3, 0.4) is 0 Å². The van der Waals surface area contributed by atoms with E-state index in [0.29, 0.717) is 24.6 Å². The van der Waals surface area contributed by atoms with Crippen molar-refractivity contribution in [2.45, 2.75) is 39.0 Å². The Bertz CT molecular complexity index is 662. The second kappa shape index (κ2) is 9.11. The summed E-state index contributed by atoms with van der Waals surface area (Å²) >= 11 is 0. The number of ether oxygens (including phenoxy) is 2. The molecule has 6 heteroatoms. The molecule has 0 radical (unpaired) electrons. The van der Waals surface area contributed by atoms with Crippen LogP contribution in [-0.4, -0.2) is 61.5 Å². The van der Waals surface area contributed by atoms with Gasteiger partial charge in [-0.3, -0.25) is 9.59 Å². The highest BCUT2D eigenvalue weighted by Crippen LogP contribution is 2.28. The number of amides is 2. The zero-order valence-corrected chi connectivity index (χ0v) is 16.4. The fourth-order valence-corrected chi connectivity index (χ4v) is 3.87. The second-order valence-corrected chi connectivity index (χ2v) is 7.48. The van der Waals surface area contributed by atoms with Crippen LogP contribution in [0.15, 0.2) is 18.2 Å². The molecule has 0 bridgehead atoms. The molecule has 148 valence electrons. The summed E-state index contributed by atoms with van der Waals surface area (Å²) in [6, 6.07) is 5.64. The standard InChI is InChI=1S/C21H30N2O4/c1-16-6-7-18(19(14-16)26-2)27-15-20(24)22-12-8-17(9-13-22)21(25)23-10-4-3-5-11-23/h6-7,14,17H,3-5,8-13,15H2,1-2H3. The molecule has 0 atom stereocenters. The molecule has 2 aliphatic rings. The van der Waals surface area contributed by atoms with Crippen molar-refractivity contribution < 1.29 is 19.1 Å². The van der Waals surface area contributed by atoms with Crippen LogP contribution in [0.25, 0.3) is 0 Å². The summed E-state index contributed by atoms with van der Waals surface area (Å²) in [6.45, 7) is 5.00. The molecular weight excluding hydrogens is 344 g/mol. The fraction of sp³-hybridized carbons (Fsp3) is 0.619. The normalized spacial score (nSPS) is 18.3. The molecule has 3 rings (SSSR count). The highest BCUT2D eigenvalue weighted by Gasteiger charge is 2.30. The number of piperidine rings is 2. The Morgan fingerprint density at radius 3 is 2.37 bits per heavy atom. The number of methoxy groups -OCH3 is 1.